The molecular weight excluding hydrogens is 318 g/mol. The van der Waals surface area contributed by atoms with Crippen LogP contribution in [0.25, 0.3) is 0 Å². The molecular formula is C19H27N3O3. The number of carbonyl (C=O) groups excluding carboxylic acids is 2. The highest BCUT2D eigenvalue weighted by Gasteiger charge is 2.43. The van der Waals surface area contributed by atoms with Gasteiger partial charge in [-0.1, -0.05) is 12.1 Å². The minimum atomic E-state index is -0.781. The zero-order chi connectivity index (χ0) is 18.0. The second-order valence-electron chi connectivity index (χ2n) is 7.33. The van der Waals surface area contributed by atoms with Crippen molar-refractivity contribution in [1.29, 1.82) is 0 Å². The number of carbonyl (C=O) groups is 2. The maximum absolute atomic E-state index is 12.2. The molecule has 6 nitrogen and oxygen atoms in total. The number of ether oxygens (including phenoxy) is 1. The van der Waals surface area contributed by atoms with Gasteiger partial charge in [0.25, 0.3) is 5.91 Å². The minimum absolute atomic E-state index is 0.134. The van der Waals surface area contributed by atoms with Gasteiger partial charge in [0, 0.05) is 19.1 Å². The molecule has 2 aliphatic heterocycles. The van der Waals surface area contributed by atoms with Crippen LogP contribution in [0.3, 0.4) is 0 Å². The molecule has 2 saturated heterocycles. The number of imide groups is 1. The molecule has 0 radical (unpaired) electrons. The number of methoxy groups -OCH3 is 1. The smallest absolute Gasteiger partial charge is 0.325 e. The molecule has 3 amide bonds. The molecule has 1 aromatic carbocycles. The first-order valence-corrected chi connectivity index (χ1v) is 8.94. The zero-order valence-electron chi connectivity index (χ0n) is 15.2. The maximum Gasteiger partial charge on any atom is 0.325 e. The normalized spacial score (nSPS) is 23.2. The fourth-order valence-electron chi connectivity index (χ4n) is 3.75. The standard InChI is InChI=1S/C19H27N3O3/c1-19(2)17(23)22(18(24)20-19)13-5-12-21-11-4-6-16(21)14-7-9-15(25-3)10-8-14/h7-10,16H,4-6,11-13H2,1-3H3,(H,20,24)/t16-/m1/s1. The van der Waals surface area contributed by atoms with Crippen LogP contribution in [-0.2, 0) is 4.79 Å². The van der Waals surface area contributed by atoms with Crippen molar-refractivity contribution in [3.8, 4) is 5.75 Å². The maximum atomic E-state index is 12.2. The van der Waals surface area contributed by atoms with Crippen molar-refractivity contribution in [3.63, 3.8) is 0 Å². The van der Waals surface area contributed by atoms with Crippen molar-refractivity contribution in [2.75, 3.05) is 26.7 Å². The lowest BCUT2D eigenvalue weighted by Gasteiger charge is -2.25. The third-order valence-corrected chi connectivity index (χ3v) is 5.14. The average Bonchev–Trinajstić information content (AvgIpc) is 3.12. The molecule has 0 bridgehead atoms. The largest absolute Gasteiger partial charge is 0.497 e. The Balaban J connectivity index is 1.55. The molecule has 1 N–H and O–H groups in total. The van der Waals surface area contributed by atoms with Crippen LogP contribution in [0.5, 0.6) is 5.75 Å². The molecule has 3 rings (SSSR count). The molecule has 136 valence electrons. The predicted octanol–water partition coefficient (Wildman–Crippen LogP) is 2.55. The Bertz CT molecular complexity index is 642. The van der Waals surface area contributed by atoms with Crippen molar-refractivity contribution in [1.82, 2.24) is 15.1 Å². The van der Waals surface area contributed by atoms with E-state index in [9.17, 15) is 9.59 Å². The molecule has 0 unspecified atom stereocenters. The fraction of sp³-hybridized carbons (Fsp3) is 0.579. The first-order chi connectivity index (χ1) is 11.9. The van der Waals surface area contributed by atoms with Gasteiger partial charge in [0.05, 0.1) is 7.11 Å². The van der Waals surface area contributed by atoms with Gasteiger partial charge in [-0.15, -0.1) is 0 Å². The third kappa shape index (κ3) is 3.63. The molecule has 0 spiro atoms. The van der Waals surface area contributed by atoms with Gasteiger partial charge in [-0.2, -0.15) is 0 Å². The summed E-state index contributed by atoms with van der Waals surface area (Å²) in [6, 6.07) is 8.39. The lowest BCUT2D eigenvalue weighted by atomic mass is 10.0. The number of rotatable bonds is 6. The lowest BCUT2D eigenvalue weighted by molar-refractivity contribution is -0.130. The van der Waals surface area contributed by atoms with E-state index in [1.807, 2.05) is 12.1 Å². The predicted molar refractivity (Wildman–Crippen MR) is 95.5 cm³/mol. The van der Waals surface area contributed by atoms with E-state index in [0.717, 1.165) is 31.7 Å². The van der Waals surface area contributed by atoms with Gasteiger partial charge < -0.3 is 10.1 Å². The highest BCUT2D eigenvalue weighted by atomic mass is 16.5. The summed E-state index contributed by atoms with van der Waals surface area (Å²) in [6.45, 7) is 5.90. The molecule has 0 aliphatic carbocycles. The Morgan fingerprint density at radius 3 is 2.52 bits per heavy atom. The summed E-state index contributed by atoms with van der Waals surface area (Å²) in [4.78, 5) is 28.0. The van der Waals surface area contributed by atoms with Crippen LogP contribution in [0, 0.1) is 0 Å². The van der Waals surface area contributed by atoms with Crippen LogP contribution in [-0.4, -0.2) is 54.0 Å². The lowest BCUT2D eigenvalue weighted by Crippen LogP contribution is -2.40. The van der Waals surface area contributed by atoms with Gasteiger partial charge in [0.1, 0.15) is 11.3 Å². The zero-order valence-corrected chi connectivity index (χ0v) is 15.2. The molecule has 0 aromatic heterocycles. The summed E-state index contributed by atoms with van der Waals surface area (Å²) in [5.41, 5.74) is 0.519. The summed E-state index contributed by atoms with van der Waals surface area (Å²) in [5.74, 6) is 0.736. The number of urea groups is 1. The molecule has 1 aromatic rings. The Hall–Kier alpha value is -2.08. The molecule has 1 atom stereocenters. The molecule has 2 aliphatic rings. The van der Waals surface area contributed by atoms with Gasteiger partial charge in [-0.3, -0.25) is 14.6 Å². The van der Waals surface area contributed by atoms with Gasteiger partial charge in [-0.25, -0.2) is 4.79 Å². The number of amides is 3. The highest BCUT2D eigenvalue weighted by molar-refractivity contribution is 6.06. The summed E-state index contributed by atoms with van der Waals surface area (Å²) in [6.07, 6.45) is 3.11. The van der Waals surface area contributed by atoms with Crippen LogP contribution in [0.1, 0.15) is 44.7 Å². The average molecular weight is 345 g/mol. The second kappa shape index (κ2) is 7.04. The van der Waals surface area contributed by atoms with Crippen LogP contribution in [0.15, 0.2) is 24.3 Å². The molecule has 0 saturated carbocycles. The van der Waals surface area contributed by atoms with Crippen molar-refractivity contribution < 1.29 is 14.3 Å². The van der Waals surface area contributed by atoms with E-state index >= 15 is 0 Å². The van der Waals surface area contributed by atoms with Crippen LogP contribution in [0.4, 0.5) is 4.79 Å². The minimum Gasteiger partial charge on any atom is -0.497 e. The van der Waals surface area contributed by atoms with Crippen molar-refractivity contribution in [2.24, 2.45) is 0 Å². The van der Waals surface area contributed by atoms with Gasteiger partial charge in [0.2, 0.25) is 0 Å². The summed E-state index contributed by atoms with van der Waals surface area (Å²) in [5, 5.41) is 2.73. The van der Waals surface area contributed by atoms with Crippen molar-refractivity contribution in [3.05, 3.63) is 29.8 Å². The van der Waals surface area contributed by atoms with Gasteiger partial charge in [-0.05, 0) is 57.4 Å². The van der Waals surface area contributed by atoms with E-state index in [2.05, 4.69) is 22.3 Å². The number of benzene rings is 1. The molecule has 2 heterocycles. The van der Waals surface area contributed by atoms with Crippen molar-refractivity contribution in [2.45, 2.75) is 44.7 Å². The monoisotopic (exact) mass is 345 g/mol. The van der Waals surface area contributed by atoms with Crippen LogP contribution < -0.4 is 10.1 Å². The summed E-state index contributed by atoms with van der Waals surface area (Å²) < 4.78 is 5.23. The second-order valence-corrected chi connectivity index (χ2v) is 7.33. The quantitative estimate of drug-likeness (QED) is 0.805. The van der Waals surface area contributed by atoms with E-state index in [0.29, 0.717) is 12.6 Å². The summed E-state index contributed by atoms with van der Waals surface area (Å²) in [7, 11) is 1.67. The Kier molecular flexibility index (Phi) is 4.99. The fourth-order valence-corrected chi connectivity index (χ4v) is 3.75. The molecule has 25 heavy (non-hydrogen) atoms. The first-order valence-electron chi connectivity index (χ1n) is 8.94. The summed E-state index contributed by atoms with van der Waals surface area (Å²) >= 11 is 0. The number of nitrogens with zero attached hydrogens (tertiary/aromatic N) is 2. The van der Waals surface area contributed by atoms with Crippen LogP contribution in [0.2, 0.25) is 0 Å². The van der Waals surface area contributed by atoms with E-state index in [4.69, 9.17) is 4.74 Å². The topological polar surface area (TPSA) is 61.9 Å². The van der Waals surface area contributed by atoms with Gasteiger partial charge >= 0.3 is 6.03 Å². The Labute approximate surface area is 149 Å². The van der Waals surface area contributed by atoms with E-state index in [1.54, 1.807) is 21.0 Å². The highest BCUT2D eigenvalue weighted by Crippen LogP contribution is 2.32. The van der Waals surface area contributed by atoms with Gasteiger partial charge in [0.15, 0.2) is 0 Å². The first kappa shape index (κ1) is 17.7. The van der Waals surface area contributed by atoms with Crippen molar-refractivity contribution >= 4 is 11.9 Å². The molecule has 6 heteroatoms. The Morgan fingerprint density at radius 1 is 1.20 bits per heavy atom. The number of hydrogen-bond donors (Lipinski definition) is 1. The third-order valence-electron chi connectivity index (χ3n) is 5.14. The molecule has 2 fully saturated rings. The van der Waals surface area contributed by atoms with E-state index in [1.165, 1.54) is 16.9 Å². The Morgan fingerprint density at radius 2 is 1.92 bits per heavy atom. The van der Waals surface area contributed by atoms with Crippen LogP contribution >= 0.6 is 0 Å². The number of likely N-dealkylation sites (tertiary alicyclic amines) is 1. The SMILES string of the molecule is COc1ccc([C@H]2CCCN2CCCN2C(=O)NC(C)(C)C2=O)cc1. The van der Waals surface area contributed by atoms with E-state index in [-0.39, 0.29) is 11.9 Å². The van der Waals surface area contributed by atoms with E-state index < -0.39 is 5.54 Å². The number of hydrogen-bond acceptors (Lipinski definition) is 4. The number of nitrogens with one attached hydrogen (secondary N) is 1.